The van der Waals surface area contributed by atoms with Gasteiger partial charge in [0.05, 0.1) is 0 Å². The Morgan fingerprint density at radius 1 is 1.24 bits per heavy atom. The molecule has 2 amide bonds. The summed E-state index contributed by atoms with van der Waals surface area (Å²) in [6.07, 6.45) is 3.68. The zero-order chi connectivity index (χ0) is 18.0. The number of aryl methyl sites for hydroxylation is 1. The fraction of sp³-hybridized carbons (Fsp3) is 0.500. The fourth-order valence-electron chi connectivity index (χ4n) is 2.86. The van der Waals surface area contributed by atoms with Crippen molar-refractivity contribution < 1.29 is 14.1 Å². The summed E-state index contributed by atoms with van der Waals surface area (Å²) in [4.78, 5) is 40.4. The molecule has 0 bridgehead atoms. The molecule has 0 radical (unpaired) electrons. The average molecular weight is 344 g/mol. The van der Waals surface area contributed by atoms with Gasteiger partial charge < -0.3 is 14.3 Å². The van der Waals surface area contributed by atoms with Crippen LogP contribution in [0.3, 0.4) is 0 Å². The molecule has 3 rings (SSSR count). The molecule has 9 heteroatoms. The first-order chi connectivity index (χ1) is 11.9. The molecular formula is C16H20N6O3. The van der Waals surface area contributed by atoms with Crippen LogP contribution >= 0.6 is 0 Å². The molecular weight excluding hydrogens is 324 g/mol. The second-order valence-corrected chi connectivity index (χ2v) is 6.42. The van der Waals surface area contributed by atoms with Crippen molar-refractivity contribution in [3.05, 3.63) is 24.4 Å². The molecule has 132 valence electrons. The van der Waals surface area contributed by atoms with Crippen molar-refractivity contribution in [2.24, 2.45) is 0 Å². The molecule has 1 fully saturated rings. The summed E-state index contributed by atoms with van der Waals surface area (Å²) in [5.74, 6) is 0.831. The smallest absolute Gasteiger partial charge is 0.247 e. The van der Waals surface area contributed by atoms with E-state index >= 15 is 0 Å². The van der Waals surface area contributed by atoms with E-state index < -0.39 is 5.54 Å². The normalized spacial score (nSPS) is 17.0. The Hall–Kier alpha value is -2.84. The molecule has 25 heavy (non-hydrogen) atoms. The summed E-state index contributed by atoms with van der Waals surface area (Å²) in [6, 6.07) is 1.70. The van der Waals surface area contributed by atoms with Crippen molar-refractivity contribution in [2.75, 3.05) is 20.1 Å². The summed E-state index contributed by atoms with van der Waals surface area (Å²) in [5.41, 5.74) is -0.845. The molecule has 0 saturated carbocycles. The van der Waals surface area contributed by atoms with Crippen molar-refractivity contribution >= 4 is 11.8 Å². The summed E-state index contributed by atoms with van der Waals surface area (Å²) in [5, 5.41) is 3.83. The lowest BCUT2D eigenvalue weighted by molar-refractivity contribution is -0.157. The molecule has 0 aliphatic carbocycles. The Kier molecular flexibility index (Phi) is 4.47. The molecule has 0 aromatic carbocycles. The first-order valence-corrected chi connectivity index (χ1v) is 8.05. The number of carbonyl (C=O) groups is 2. The summed E-state index contributed by atoms with van der Waals surface area (Å²) >= 11 is 0. The standard InChI is InChI=1S/C16H20N6O3/c1-16(2)15(24)21(3)9-10-22(16)12(23)6-5-11-19-14(20-25-11)13-17-7-4-8-18-13/h4,7-8H,5-6,9-10H2,1-3H3. The largest absolute Gasteiger partial charge is 0.342 e. The maximum atomic E-state index is 12.6. The van der Waals surface area contributed by atoms with Crippen molar-refractivity contribution in [3.8, 4) is 11.6 Å². The number of carbonyl (C=O) groups excluding carboxylic acids is 2. The van der Waals surface area contributed by atoms with Crippen LogP contribution in [-0.2, 0) is 16.0 Å². The quantitative estimate of drug-likeness (QED) is 0.797. The summed E-state index contributed by atoms with van der Waals surface area (Å²) in [6.45, 7) is 4.58. The van der Waals surface area contributed by atoms with Gasteiger partial charge in [-0.25, -0.2) is 9.97 Å². The Labute approximate surface area is 145 Å². The van der Waals surface area contributed by atoms with Gasteiger partial charge in [0.1, 0.15) is 5.54 Å². The highest BCUT2D eigenvalue weighted by molar-refractivity contribution is 5.91. The van der Waals surface area contributed by atoms with E-state index in [1.807, 2.05) is 0 Å². The van der Waals surface area contributed by atoms with Crippen LogP contribution < -0.4 is 0 Å². The molecule has 3 heterocycles. The number of rotatable bonds is 4. The molecule has 0 unspecified atom stereocenters. The molecule has 1 saturated heterocycles. The maximum Gasteiger partial charge on any atom is 0.247 e. The van der Waals surface area contributed by atoms with Gasteiger partial charge in [0.2, 0.25) is 29.4 Å². The second-order valence-electron chi connectivity index (χ2n) is 6.42. The zero-order valence-electron chi connectivity index (χ0n) is 14.5. The molecule has 0 atom stereocenters. The van der Waals surface area contributed by atoms with Gasteiger partial charge in [-0.2, -0.15) is 4.98 Å². The Balaban J connectivity index is 1.63. The van der Waals surface area contributed by atoms with E-state index in [0.29, 0.717) is 31.2 Å². The zero-order valence-corrected chi connectivity index (χ0v) is 14.5. The van der Waals surface area contributed by atoms with E-state index in [-0.39, 0.29) is 24.1 Å². The van der Waals surface area contributed by atoms with Gasteiger partial charge >= 0.3 is 0 Å². The van der Waals surface area contributed by atoms with Crippen molar-refractivity contribution in [3.63, 3.8) is 0 Å². The third-order valence-electron chi connectivity index (χ3n) is 4.29. The third kappa shape index (κ3) is 3.35. The number of likely N-dealkylation sites (N-methyl/N-ethyl adjacent to an activating group) is 1. The fourth-order valence-corrected chi connectivity index (χ4v) is 2.86. The number of nitrogens with zero attached hydrogens (tertiary/aromatic N) is 6. The van der Waals surface area contributed by atoms with Gasteiger partial charge in [0.25, 0.3) is 0 Å². The summed E-state index contributed by atoms with van der Waals surface area (Å²) in [7, 11) is 1.75. The van der Waals surface area contributed by atoms with Gasteiger partial charge in [-0.1, -0.05) is 5.16 Å². The van der Waals surface area contributed by atoms with Crippen molar-refractivity contribution in [1.82, 2.24) is 29.9 Å². The van der Waals surface area contributed by atoms with Gasteiger partial charge in [-0.15, -0.1) is 0 Å². The van der Waals surface area contributed by atoms with Gasteiger partial charge in [0, 0.05) is 45.4 Å². The first-order valence-electron chi connectivity index (χ1n) is 8.05. The molecule has 1 aliphatic heterocycles. The molecule has 0 N–H and O–H groups in total. The van der Waals surface area contributed by atoms with Crippen molar-refractivity contribution in [2.45, 2.75) is 32.2 Å². The van der Waals surface area contributed by atoms with Crippen LogP contribution in [-0.4, -0.2) is 67.4 Å². The van der Waals surface area contributed by atoms with Gasteiger partial charge in [-0.3, -0.25) is 9.59 Å². The van der Waals surface area contributed by atoms with E-state index in [2.05, 4.69) is 20.1 Å². The minimum absolute atomic E-state index is 0.0617. The second kappa shape index (κ2) is 6.58. The Morgan fingerprint density at radius 3 is 2.68 bits per heavy atom. The highest BCUT2D eigenvalue weighted by Crippen LogP contribution is 2.23. The molecule has 1 aliphatic rings. The predicted octanol–water partition coefficient (Wildman–Crippen LogP) is 0.538. The van der Waals surface area contributed by atoms with Crippen LogP contribution in [0.2, 0.25) is 0 Å². The monoisotopic (exact) mass is 344 g/mol. The van der Waals surface area contributed by atoms with Crippen LogP contribution in [0.1, 0.15) is 26.2 Å². The number of hydrogen-bond donors (Lipinski definition) is 0. The third-order valence-corrected chi connectivity index (χ3v) is 4.29. The molecule has 2 aromatic heterocycles. The van der Waals surface area contributed by atoms with E-state index in [4.69, 9.17) is 4.52 Å². The van der Waals surface area contributed by atoms with Crippen LogP contribution in [0, 0.1) is 0 Å². The molecule has 9 nitrogen and oxygen atoms in total. The number of piperazine rings is 1. The van der Waals surface area contributed by atoms with Crippen LogP contribution in [0.15, 0.2) is 23.0 Å². The molecule has 2 aromatic rings. The SMILES string of the molecule is CN1CCN(C(=O)CCc2nc(-c3ncccn3)no2)C(C)(C)C1=O. The number of amides is 2. The van der Waals surface area contributed by atoms with E-state index in [1.165, 1.54) is 0 Å². The average Bonchev–Trinajstić information content (AvgIpc) is 3.07. The lowest BCUT2D eigenvalue weighted by Crippen LogP contribution is -2.63. The first kappa shape index (κ1) is 17.0. The topological polar surface area (TPSA) is 105 Å². The Morgan fingerprint density at radius 2 is 1.96 bits per heavy atom. The van der Waals surface area contributed by atoms with Gasteiger partial charge in [-0.05, 0) is 19.9 Å². The number of aromatic nitrogens is 4. The lowest BCUT2D eigenvalue weighted by Gasteiger charge is -2.44. The summed E-state index contributed by atoms with van der Waals surface area (Å²) < 4.78 is 5.16. The van der Waals surface area contributed by atoms with Crippen LogP contribution in [0.4, 0.5) is 0 Å². The van der Waals surface area contributed by atoms with Crippen molar-refractivity contribution in [1.29, 1.82) is 0 Å². The maximum absolute atomic E-state index is 12.6. The minimum atomic E-state index is -0.845. The van der Waals surface area contributed by atoms with E-state index in [0.717, 1.165) is 0 Å². The highest BCUT2D eigenvalue weighted by atomic mass is 16.5. The molecule has 0 spiro atoms. The highest BCUT2D eigenvalue weighted by Gasteiger charge is 2.42. The minimum Gasteiger partial charge on any atom is -0.342 e. The van der Waals surface area contributed by atoms with E-state index in [9.17, 15) is 9.59 Å². The van der Waals surface area contributed by atoms with Gasteiger partial charge in [0.15, 0.2) is 0 Å². The Bertz CT molecular complexity index is 773. The van der Waals surface area contributed by atoms with Crippen LogP contribution in [0.5, 0.6) is 0 Å². The van der Waals surface area contributed by atoms with Crippen LogP contribution in [0.25, 0.3) is 11.6 Å². The lowest BCUT2D eigenvalue weighted by atomic mass is 9.97. The van der Waals surface area contributed by atoms with E-state index in [1.54, 1.807) is 49.2 Å². The predicted molar refractivity (Wildman–Crippen MR) is 87.1 cm³/mol. The number of hydrogen-bond acceptors (Lipinski definition) is 7.